The SMILES string of the molecule is COc1cc2c(cc1NC(=S)NC13CC(C)CC(CC(C)C1)C3)CCCC(=O)N2. The monoisotopic (exact) mass is 415 g/mol. The summed E-state index contributed by atoms with van der Waals surface area (Å²) >= 11 is 5.76. The first-order valence-corrected chi connectivity index (χ1v) is 11.4. The van der Waals surface area contributed by atoms with Gasteiger partial charge in [-0.3, -0.25) is 4.79 Å². The van der Waals surface area contributed by atoms with Crippen molar-refractivity contribution in [2.75, 3.05) is 17.7 Å². The number of hydrogen-bond acceptors (Lipinski definition) is 3. The number of rotatable bonds is 3. The van der Waals surface area contributed by atoms with Crippen molar-refractivity contribution in [2.24, 2.45) is 17.8 Å². The standard InChI is InChI=1S/C23H33N3O2S/c1-14-7-16-8-15(2)12-23(11-14,13-16)26-22(29)25-19-9-17-5-4-6-21(27)24-18(17)10-20(19)28-3/h9-10,14-16H,4-8,11-13H2,1-3H3,(H,24,27)(H2,25,26,29). The first kappa shape index (κ1) is 20.5. The summed E-state index contributed by atoms with van der Waals surface area (Å²) in [6.45, 7) is 4.75. The summed E-state index contributed by atoms with van der Waals surface area (Å²) in [6, 6.07) is 3.98. The molecule has 6 heteroatoms. The van der Waals surface area contributed by atoms with Crippen molar-refractivity contribution in [3.63, 3.8) is 0 Å². The number of ether oxygens (including phenoxy) is 1. The van der Waals surface area contributed by atoms with E-state index in [1.54, 1.807) is 7.11 Å². The third-order valence-corrected chi connectivity index (χ3v) is 7.01. The average Bonchev–Trinajstić information content (AvgIpc) is 2.79. The molecule has 2 bridgehead atoms. The number of fused-ring (bicyclic) bond motifs is 3. The lowest BCUT2D eigenvalue weighted by atomic mass is 9.61. The Morgan fingerprint density at radius 1 is 1.17 bits per heavy atom. The predicted molar refractivity (Wildman–Crippen MR) is 122 cm³/mol. The number of nitrogens with one attached hydrogen (secondary N) is 3. The molecule has 1 aliphatic heterocycles. The number of carbonyl (C=O) groups excluding carboxylic acids is 1. The highest BCUT2D eigenvalue weighted by molar-refractivity contribution is 7.80. The van der Waals surface area contributed by atoms with E-state index in [1.807, 2.05) is 6.07 Å². The highest BCUT2D eigenvalue weighted by atomic mass is 32.1. The van der Waals surface area contributed by atoms with Crippen molar-refractivity contribution in [1.82, 2.24) is 5.32 Å². The lowest BCUT2D eigenvalue weighted by Crippen LogP contribution is -2.57. The predicted octanol–water partition coefficient (Wildman–Crippen LogP) is 4.86. The molecule has 4 rings (SSSR count). The molecular formula is C23H33N3O2S. The van der Waals surface area contributed by atoms with E-state index in [0.29, 0.717) is 17.3 Å². The van der Waals surface area contributed by atoms with Gasteiger partial charge in [0.05, 0.1) is 12.8 Å². The Balaban J connectivity index is 1.52. The van der Waals surface area contributed by atoms with Crippen molar-refractivity contribution in [3.05, 3.63) is 17.7 Å². The fourth-order valence-electron chi connectivity index (χ4n) is 6.12. The van der Waals surface area contributed by atoms with Crippen LogP contribution in [-0.2, 0) is 11.2 Å². The van der Waals surface area contributed by atoms with Gasteiger partial charge in [0.15, 0.2) is 5.11 Å². The Hall–Kier alpha value is -1.82. The second-order valence-corrected chi connectivity index (χ2v) is 10.0. The van der Waals surface area contributed by atoms with Gasteiger partial charge in [0.1, 0.15) is 5.75 Å². The molecule has 0 aromatic heterocycles. The minimum absolute atomic E-state index is 0.0650. The van der Waals surface area contributed by atoms with Gasteiger partial charge in [-0.25, -0.2) is 0 Å². The molecule has 3 aliphatic rings. The second kappa shape index (κ2) is 8.13. The molecule has 2 fully saturated rings. The lowest BCUT2D eigenvalue weighted by molar-refractivity contribution is -0.116. The molecule has 1 amide bonds. The second-order valence-electron chi connectivity index (χ2n) is 9.63. The highest BCUT2D eigenvalue weighted by Crippen LogP contribution is 2.47. The first-order chi connectivity index (χ1) is 13.9. The lowest BCUT2D eigenvalue weighted by Gasteiger charge is -2.50. The largest absolute Gasteiger partial charge is 0.494 e. The number of aryl methyl sites for hydroxylation is 1. The van der Waals surface area contributed by atoms with Gasteiger partial charge < -0.3 is 20.7 Å². The zero-order valence-corrected chi connectivity index (χ0v) is 18.6. The van der Waals surface area contributed by atoms with Gasteiger partial charge in [-0.2, -0.15) is 0 Å². The molecule has 2 atom stereocenters. The Morgan fingerprint density at radius 2 is 1.90 bits per heavy atom. The van der Waals surface area contributed by atoms with E-state index >= 15 is 0 Å². The summed E-state index contributed by atoms with van der Waals surface area (Å²) in [5, 5.41) is 10.8. The normalized spacial score (nSPS) is 31.1. The van der Waals surface area contributed by atoms with Crippen LogP contribution in [0.5, 0.6) is 5.75 Å². The Morgan fingerprint density at radius 3 is 2.59 bits per heavy atom. The fourth-order valence-corrected chi connectivity index (χ4v) is 6.44. The average molecular weight is 416 g/mol. The summed E-state index contributed by atoms with van der Waals surface area (Å²) in [7, 11) is 1.65. The van der Waals surface area contributed by atoms with Crippen LogP contribution < -0.4 is 20.7 Å². The zero-order chi connectivity index (χ0) is 20.6. The molecule has 1 aromatic carbocycles. The smallest absolute Gasteiger partial charge is 0.224 e. The van der Waals surface area contributed by atoms with E-state index in [4.69, 9.17) is 17.0 Å². The molecule has 2 aliphatic carbocycles. The number of benzene rings is 1. The van der Waals surface area contributed by atoms with Crippen molar-refractivity contribution >= 4 is 34.6 Å². The van der Waals surface area contributed by atoms with E-state index in [9.17, 15) is 4.79 Å². The van der Waals surface area contributed by atoms with Gasteiger partial charge >= 0.3 is 0 Å². The molecule has 0 saturated heterocycles. The van der Waals surface area contributed by atoms with Crippen molar-refractivity contribution in [3.8, 4) is 5.75 Å². The van der Waals surface area contributed by atoms with Gasteiger partial charge in [0.25, 0.3) is 0 Å². The van der Waals surface area contributed by atoms with E-state index in [2.05, 4.69) is 35.9 Å². The molecule has 1 heterocycles. The summed E-state index contributed by atoms with van der Waals surface area (Å²) < 4.78 is 5.59. The quantitative estimate of drug-likeness (QED) is 0.615. The molecule has 5 nitrogen and oxygen atoms in total. The van der Waals surface area contributed by atoms with Gasteiger partial charge in [0.2, 0.25) is 5.91 Å². The molecule has 29 heavy (non-hydrogen) atoms. The molecule has 0 spiro atoms. The van der Waals surface area contributed by atoms with Crippen molar-refractivity contribution in [1.29, 1.82) is 0 Å². The third-order valence-electron chi connectivity index (χ3n) is 6.81. The minimum Gasteiger partial charge on any atom is -0.494 e. The number of hydrogen-bond donors (Lipinski definition) is 3. The maximum Gasteiger partial charge on any atom is 0.224 e. The van der Waals surface area contributed by atoms with Crippen LogP contribution in [0.25, 0.3) is 0 Å². The summed E-state index contributed by atoms with van der Waals surface area (Å²) in [5.41, 5.74) is 2.94. The number of anilines is 2. The Bertz CT molecular complexity index is 790. The number of thiocarbonyl (C=S) groups is 1. The van der Waals surface area contributed by atoms with Crippen LogP contribution in [0.4, 0.5) is 11.4 Å². The van der Waals surface area contributed by atoms with E-state index < -0.39 is 0 Å². The zero-order valence-electron chi connectivity index (χ0n) is 17.8. The molecule has 3 N–H and O–H groups in total. The van der Waals surface area contributed by atoms with Gasteiger partial charge in [-0.15, -0.1) is 0 Å². The van der Waals surface area contributed by atoms with E-state index in [-0.39, 0.29) is 11.4 Å². The van der Waals surface area contributed by atoms with E-state index in [1.165, 1.54) is 32.1 Å². The van der Waals surface area contributed by atoms with Gasteiger partial charge in [-0.1, -0.05) is 13.8 Å². The van der Waals surface area contributed by atoms with Crippen LogP contribution in [-0.4, -0.2) is 23.7 Å². The highest BCUT2D eigenvalue weighted by Gasteiger charge is 2.44. The molecule has 0 radical (unpaired) electrons. The number of carbonyl (C=O) groups is 1. The Kier molecular flexibility index (Phi) is 5.74. The molecule has 1 aromatic rings. The molecule has 2 saturated carbocycles. The maximum absolute atomic E-state index is 11.9. The summed E-state index contributed by atoms with van der Waals surface area (Å²) in [6.07, 6.45) is 8.56. The van der Waals surface area contributed by atoms with Gasteiger partial charge in [-0.05, 0) is 86.5 Å². The van der Waals surface area contributed by atoms with E-state index in [0.717, 1.165) is 47.5 Å². The Labute approximate surface area is 179 Å². The number of methoxy groups -OCH3 is 1. The molecular weight excluding hydrogens is 382 g/mol. The molecule has 2 unspecified atom stereocenters. The van der Waals surface area contributed by atoms with Crippen LogP contribution >= 0.6 is 12.2 Å². The van der Waals surface area contributed by atoms with Gasteiger partial charge in [0, 0.05) is 23.7 Å². The van der Waals surface area contributed by atoms with Crippen molar-refractivity contribution < 1.29 is 9.53 Å². The molecule has 158 valence electrons. The van der Waals surface area contributed by atoms with Crippen LogP contribution in [0.1, 0.15) is 64.4 Å². The maximum atomic E-state index is 11.9. The summed E-state index contributed by atoms with van der Waals surface area (Å²) in [4.78, 5) is 11.9. The topological polar surface area (TPSA) is 62.4 Å². The minimum atomic E-state index is 0.0650. The third kappa shape index (κ3) is 4.52. The fraction of sp³-hybridized carbons (Fsp3) is 0.652. The van der Waals surface area contributed by atoms with Crippen LogP contribution in [0.2, 0.25) is 0 Å². The van der Waals surface area contributed by atoms with Crippen molar-refractivity contribution in [2.45, 2.75) is 70.8 Å². The van der Waals surface area contributed by atoms with Crippen LogP contribution in [0.15, 0.2) is 12.1 Å². The first-order valence-electron chi connectivity index (χ1n) is 11.0. The number of amides is 1. The van der Waals surface area contributed by atoms with Crippen LogP contribution in [0.3, 0.4) is 0 Å². The van der Waals surface area contributed by atoms with Crippen LogP contribution in [0, 0.1) is 17.8 Å². The summed E-state index contributed by atoms with van der Waals surface area (Å²) in [5.74, 6) is 3.04.